The molecule has 0 radical (unpaired) electrons. The Morgan fingerprint density at radius 3 is 2.94 bits per heavy atom. The van der Waals surface area contributed by atoms with Crippen molar-refractivity contribution in [2.45, 2.75) is 39.2 Å². The maximum atomic E-state index is 5.80. The van der Waals surface area contributed by atoms with Crippen molar-refractivity contribution in [1.82, 2.24) is 4.98 Å². The largest absolute Gasteiger partial charge is 0.370 e. The van der Waals surface area contributed by atoms with Crippen LogP contribution in [0.25, 0.3) is 0 Å². The van der Waals surface area contributed by atoms with Gasteiger partial charge in [-0.1, -0.05) is 13.3 Å². The Labute approximate surface area is 104 Å². The number of anilines is 1. The van der Waals surface area contributed by atoms with E-state index in [1.54, 1.807) is 0 Å². The topological polar surface area (TPSA) is 42.1 Å². The van der Waals surface area contributed by atoms with Gasteiger partial charge >= 0.3 is 0 Å². The van der Waals surface area contributed by atoms with Crippen molar-refractivity contribution in [2.75, 3.05) is 18.0 Å². The molecule has 1 aromatic rings. The third-order valence-electron chi connectivity index (χ3n) is 3.59. The van der Waals surface area contributed by atoms with Crippen molar-refractivity contribution in [3.8, 4) is 0 Å². The minimum absolute atomic E-state index is 0.0236. The first-order valence-corrected chi connectivity index (χ1v) is 6.67. The minimum atomic E-state index is 0.0236. The van der Waals surface area contributed by atoms with Crippen LogP contribution in [-0.4, -0.2) is 18.1 Å². The third kappa shape index (κ3) is 2.97. The molecule has 3 nitrogen and oxygen atoms in total. The SMILES string of the molecule is CCCC1CCN(c2ccc(C(C)N)nc2)C1. The quantitative estimate of drug-likeness (QED) is 0.869. The number of pyridine rings is 1. The van der Waals surface area contributed by atoms with Crippen LogP contribution in [-0.2, 0) is 0 Å². The van der Waals surface area contributed by atoms with Crippen LogP contribution in [0.3, 0.4) is 0 Å². The number of nitrogens with zero attached hydrogens (tertiary/aromatic N) is 2. The average Bonchev–Trinajstić information content (AvgIpc) is 2.78. The Bertz CT molecular complexity index is 345. The molecule has 1 aliphatic rings. The first-order valence-electron chi connectivity index (χ1n) is 6.67. The van der Waals surface area contributed by atoms with Crippen molar-refractivity contribution < 1.29 is 0 Å². The predicted molar refractivity (Wildman–Crippen MR) is 72.1 cm³/mol. The fourth-order valence-electron chi connectivity index (χ4n) is 2.56. The first kappa shape index (κ1) is 12.4. The Morgan fingerprint density at radius 1 is 1.53 bits per heavy atom. The van der Waals surface area contributed by atoms with E-state index in [1.807, 2.05) is 19.2 Å². The van der Waals surface area contributed by atoms with Gasteiger partial charge in [0.05, 0.1) is 17.6 Å². The fourth-order valence-corrected chi connectivity index (χ4v) is 2.56. The highest BCUT2D eigenvalue weighted by atomic mass is 15.2. The molecule has 0 bridgehead atoms. The lowest BCUT2D eigenvalue weighted by Gasteiger charge is -2.18. The molecule has 2 atom stereocenters. The van der Waals surface area contributed by atoms with Gasteiger partial charge in [0.2, 0.25) is 0 Å². The molecule has 94 valence electrons. The van der Waals surface area contributed by atoms with E-state index in [9.17, 15) is 0 Å². The van der Waals surface area contributed by atoms with Crippen molar-refractivity contribution in [2.24, 2.45) is 11.7 Å². The van der Waals surface area contributed by atoms with Gasteiger partial charge < -0.3 is 10.6 Å². The molecule has 17 heavy (non-hydrogen) atoms. The molecular formula is C14H23N3. The summed E-state index contributed by atoms with van der Waals surface area (Å²) < 4.78 is 0. The van der Waals surface area contributed by atoms with E-state index in [0.717, 1.165) is 11.6 Å². The van der Waals surface area contributed by atoms with Gasteiger partial charge in [-0.3, -0.25) is 4.98 Å². The van der Waals surface area contributed by atoms with E-state index >= 15 is 0 Å². The van der Waals surface area contributed by atoms with E-state index in [0.29, 0.717) is 0 Å². The zero-order valence-electron chi connectivity index (χ0n) is 10.9. The molecule has 0 aromatic carbocycles. The number of nitrogens with two attached hydrogens (primary N) is 1. The second-order valence-corrected chi connectivity index (χ2v) is 5.12. The molecule has 2 unspecified atom stereocenters. The van der Waals surface area contributed by atoms with Gasteiger partial charge in [0.1, 0.15) is 0 Å². The van der Waals surface area contributed by atoms with Gasteiger partial charge in [-0.2, -0.15) is 0 Å². The first-order chi connectivity index (χ1) is 8.20. The highest BCUT2D eigenvalue weighted by molar-refractivity contribution is 5.45. The zero-order valence-corrected chi connectivity index (χ0v) is 10.9. The van der Waals surface area contributed by atoms with Gasteiger partial charge in [0, 0.05) is 19.1 Å². The van der Waals surface area contributed by atoms with E-state index in [4.69, 9.17) is 5.73 Å². The molecule has 3 heteroatoms. The standard InChI is InChI=1S/C14H23N3/c1-3-4-12-7-8-17(10-12)13-5-6-14(11(2)15)16-9-13/h5-6,9,11-12H,3-4,7-8,10,15H2,1-2H3. The summed E-state index contributed by atoms with van der Waals surface area (Å²) in [5.41, 5.74) is 8.02. The summed E-state index contributed by atoms with van der Waals surface area (Å²) in [7, 11) is 0. The van der Waals surface area contributed by atoms with E-state index in [2.05, 4.69) is 22.9 Å². The van der Waals surface area contributed by atoms with E-state index in [1.165, 1.54) is 38.0 Å². The van der Waals surface area contributed by atoms with Crippen LogP contribution in [0.2, 0.25) is 0 Å². The maximum absolute atomic E-state index is 5.80. The summed E-state index contributed by atoms with van der Waals surface area (Å²) in [6, 6.07) is 4.23. The predicted octanol–water partition coefficient (Wildman–Crippen LogP) is 2.73. The Hall–Kier alpha value is -1.09. The summed E-state index contributed by atoms with van der Waals surface area (Å²) in [4.78, 5) is 6.87. The van der Waals surface area contributed by atoms with Crippen LogP contribution >= 0.6 is 0 Å². The second kappa shape index (κ2) is 5.50. The average molecular weight is 233 g/mol. The van der Waals surface area contributed by atoms with Crippen LogP contribution in [0.5, 0.6) is 0 Å². The molecule has 2 rings (SSSR count). The van der Waals surface area contributed by atoms with E-state index in [-0.39, 0.29) is 6.04 Å². The fraction of sp³-hybridized carbons (Fsp3) is 0.643. The Balaban J connectivity index is 1.99. The molecule has 1 fully saturated rings. The Morgan fingerprint density at radius 2 is 2.35 bits per heavy atom. The molecule has 2 N–H and O–H groups in total. The van der Waals surface area contributed by atoms with Crippen molar-refractivity contribution in [1.29, 1.82) is 0 Å². The summed E-state index contributed by atoms with van der Waals surface area (Å²) in [6.45, 7) is 6.59. The molecule has 0 saturated carbocycles. The molecular weight excluding hydrogens is 210 g/mol. The zero-order chi connectivity index (χ0) is 12.3. The summed E-state index contributed by atoms with van der Waals surface area (Å²) in [5, 5.41) is 0. The number of hydrogen-bond acceptors (Lipinski definition) is 3. The lowest BCUT2D eigenvalue weighted by Crippen LogP contribution is -2.20. The molecule has 1 aliphatic heterocycles. The van der Waals surface area contributed by atoms with Gasteiger partial charge in [-0.05, 0) is 37.8 Å². The normalized spacial score (nSPS) is 21.8. The summed E-state index contributed by atoms with van der Waals surface area (Å²) >= 11 is 0. The van der Waals surface area contributed by atoms with Crippen LogP contribution in [0, 0.1) is 5.92 Å². The van der Waals surface area contributed by atoms with Crippen LogP contribution in [0.1, 0.15) is 44.8 Å². The number of aromatic nitrogens is 1. The lowest BCUT2D eigenvalue weighted by atomic mass is 10.0. The molecule has 0 amide bonds. The maximum Gasteiger partial charge on any atom is 0.0569 e. The number of hydrogen-bond donors (Lipinski definition) is 1. The molecule has 1 aromatic heterocycles. The van der Waals surface area contributed by atoms with Crippen molar-refractivity contribution in [3.05, 3.63) is 24.0 Å². The summed E-state index contributed by atoms with van der Waals surface area (Å²) in [5.74, 6) is 0.869. The van der Waals surface area contributed by atoms with Crippen molar-refractivity contribution in [3.63, 3.8) is 0 Å². The monoisotopic (exact) mass is 233 g/mol. The highest BCUT2D eigenvalue weighted by Crippen LogP contribution is 2.26. The molecule has 2 heterocycles. The van der Waals surface area contributed by atoms with Gasteiger partial charge in [0.15, 0.2) is 0 Å². The molecule has 1 saturated heterocycles. The second-order valence-electron chi connectivity index (χ2n) is 5.12. The number of rotatable bonds is 4. The minimum Gasteiger partial charge on any atom is -0.370 e. The lowest BCUT2D eigenvalue weighted by molar-refractivity contribution is 0.530. The Kier molecular flexibility index (Phi) is 4.00. The third-order valence-corrected chi connectivity index (χ3v) is 3.59. The van der Waals surface area contributed by atoms with Crippen LogP contribution < -0.4 is 10.6 Å². The molecule has 0 spiro atoms. The van der Waals surface area contributed by atoms with Gasteiger partial charge in [-0.15, -0.1) is 0 Å². The van der Waals surface area contributed by atoms with Crippen molar-refractivity contribution >= 4 is 5.69 Å². The van der Waals surface area contributed by atoms with Crippen LogP contribution in [0.4, 0.5) is 5.69 Å². The smallest absolute Gasteiger partial charge is 0.0569 e. The highest BCUT2D eigenvalue weighted by Gasteiger charge is 2.21. The summed E-state index contributed by atoms with van der Waals surface area (Å²) in [6.07, 6.45) is 5.93. The van der Waals surface area contributed by atoms with E-state index < -0.39 is 0 Å². The van der Waals surface area contributed by atoms with Gasteiger partial charge in [0.25, 0.3) is 0 Å². The molecule has 0 aliphatic carbocycles. The van der Waals surface area contributed by atoms with Gasteiger partial charge in [-0.25, -0.2) is 0 Å². The van der Waals surface area contributed by atoms with Crippen LogP contribution in [0.15, 0.2) is 18.3 Å².